The van der Waals surface area contributed by atoms with E-state index in [2.05, 4.69) is 179 Å². The number of aromatic nitrogens is 2. The molecule has 0 saturated carbocycles. The first-order chi connectivity index (χ1) is 27.7. The SMILES string of the molecule is N#Cc1cc(C#N)c(-n2c3ccc(-c4ccccc4)cc3c3c4ccccc4ccc32)c(-n2c3ccc(-c4ccccc4)cc3c3c4ccccc4ccc32)c1. The average Bonchev–Trinajstić information content (AvgIpc) is 3.78. The molecule has 0 bridgehead atoms. The molecule has 4 nitrogen and oxygen atoms in total. The van der Waals surface area contributed by atoms with Gasteiger partial charge in [-0.05, 0) is 92.3 Å². The van der Waals surface area contributed by atoms with Crippen LogP contribution >= 0.6 is 0 Å². The first-order valence-electron chi connectivity index (χ1n) is 18.7. The van der Waals surface area contributed by atoms with E-state index in [9.17, 15) is 10.5 Å². The summed E-state index contributed by atoms with van der Waals surface area (Å²) in [5, 5.41) is 30.5. The van der Waals surface area contributed by atoms with E-state index in [0.29, 0.717) is 11.1 Å². The molecule has 2 heterocycles. The third kappa shape index (κ3) is 4.64. The van der Waals surface area contributed by atoms with Gasteiger partial charge in [0, 0.05) is 21.5 Å². The van der Waals surface area contributed by atoms with Crippen LogP contribution in [0.15, 0.2) is 182 Å². The molecule has 11 rings (SSSR count). The fourth-order valence-corrected chi connectivity index (χ4v) is 8.88. The maximum atomic E-state index is 11.0. The summed E-state index contributed by atoms with van der Waals surface area (Å²) in [6.45, 7) is 0. The third-order valence-electron chi connectivity index (χ3n) is 11.3. The van der Waals surface area contributed by atoms with E-state index in [1.54, 1.807) is 6.07 Å². The summed E-state index contributed by atoms with van der Waals surface area (Å²) in [4.78, 5) is 0. The van der Waals surface area contributed by atoms with E-state index in [4.69, 9.17) is 0 Å². The van der Waals surface area contributed by atoms with Gasteiger partial charge in [0.05, 0.1) is 50.6 Å². The van der Waals surface area contributed by atoms with Gasteiger partial charge in [0.25, 0.3) is 0 Å². The molecule has 11 aromatic rings. The van der Waals surface area contributed by atoms with E-state index < -0.39 is 0 Å². The summed E-state index contributed by atoms with van der Waals surface area (Å²) in [5.41, 5.74) is 10.8. The highest BCUT2D eigenvalue weighted by atomic mass is 15.1. The van der Waals surface area contributed by atoms with Gasteiger partial charge in [0.1, 0.15) is 6.07 Å². The minimum atomic E-state index is 0.426. The van der Waals surface area contributed by atoms with Crippen molar-refractivity contribution in [3.8, 4) is 45.8 Å². The van der Waals surface area contributed by atoms with Crippen molar-refractivity contribution in [3.05, 3.63) is 193 Å². The van der Waals surface area contributed by atoms with Crippen molar-refractivity contribution in [2.24, 2.45) is 0 Å². The van der Waals surface area contributed by atoms with Crippen LogP contribution in [0.5, 0.6) is 0 Å². The first-order valence-corrected chi connectivity index (χ1v) is 18.7. The van der Waals surface area contributed by atoms with Gasteiger partial charge in [-0.2, -0.15) is 10.5 Å². The normalized spacial score (nSPS) is 11.5. The monoisotopic (exact) mass is 710 g/mol. The number of nitriles is 2. The molecule has 0 unspecified atom stereocenters. The second kappa shape index (κ2) is 12.3. The second-order valence-electron chi connectivity index (χ2n) is 14.3. The number of hydrogen-bond acceptors (Lipinski definition) is 2. The molecule has 0 fully saturated rings. The number of rotatable bonds is 4. The number of benzene rings is 9. The molecule has 0 radical (unpaired) electrons. The molecule has 0 aliphatic carbocycles. The predicted molar refractivity (Wildman–Crippen MR) is 230 cm³/mol. The van der Waals surface area contributed by atoms with Gasteiger partial charge in [-0.3, -0.25) is 0 Å². The van der Waals surface area contributed by atoms with Crippen LogP contribution in [0.3, 0.4) is 0 Å². The maximum absolute atomic E-state index is 11.0. The van der Waals surface area contributed by atoms with Gasteiger partial charge in [0.2, 0.25) is 0 Å². The Morgan fingerprint density at radius 3 is 1.38 bits per heavy atom. The lowest BCUT2D eigenvalue weighted by molar-refractivity contribution is 1.09. The van der Waals surface area contributed by atoms with Gasteiger partial charge in [-0.25, -0.2) is 0 Å². The lowest BCUT2D eigenvalue weighted by Gasteiger charge is -2.19. The van der Waals surface area contributed by atoms with E-state index in [-0.39, 0.29) is 0 Å². The maximum Gasteiger partial charge on any atom is 0.101 e. The standard InChI is InChI=1S/C52H30N4/c53-31-33-27-40(32-54)52(56-46-24-22-39(35-13-5-2-6-14-35)30-44(46)51-42-18-10-8-16-37(42)20-26-48(51)56)49(28-33)55-45-23-21-38(34-11-3-1-4-12-34)29-43(45)50-41-17-9-7-15-36(41)19-25-47(50)55/h1-30H. The van der Waals surface area contributed by atoms with Gasteiger partial charge in [-0.1, -0.05) is 133 Å². The quantitative estimate of drug-likeness (QED) is 0.183. The summed E-state index contributed by atoms with van der Waals surface area (Å²) >= 11 is 0. The van der Waals surface area contributed by atoms with Crippen LogP contribution < -0.4 is 0 Å². The average molecular weight is 711 g/mol. The molecule has 2 aromatic heterocycles. The molecular weight excluding hydrogens is 681 g/mol. The van der Waals surface area contributed by atoms with Crippen LogP contribution in [0.2, 0.25) is 0 Å². The zero-order chi connectivity index (χ0) is 37.3. The van der Waals surface area contributed by atoms with Crippen LogP contribution in [-0.4, -0.2) is 9.13 Å². The van der Waals surface area contributed by atoms with E-state index in [1.165, 1.54) is 0 Å². The van der Waals surface area contributed by atoms with Gasteiger partial charge in [0.15, 0.2) is 0 Å². The molecule has 0 aliphatic heterocycles. The molecule has 258 valence electrons. The molecular formula is C52H30N4. The summed E-state index contributed by atoms with van der Waals surface area (Å²) in [6, 6.07) is 68.5. The van der Waals surface area contributed by atoms with Crippen molar-refractivity contribution in [1.82, 2.24) is 9.13 Å². The van der Waals surface area contributed by atoms with Crippen LogP contribution in [0.4, 0.5) is 0 Å². The second-order valence-corrected chi connectivity index (χ2v) is 14.3. The number of fused-ring (bicyclic) bond motifs is 10. The third-order valence-corrected chi connectivity index (χ3v) is 11.3. The van der Waals surface area contributed by atoms with Gasteiger partial charge >= 0.3 is 0 Å². The Labute approximate surface area is 322 Å². The zero-order valence-electron chi connectivity index (χ0n) is 30.1. The fraction of sp³-hybridized carbons (Fsp3) is 0. The zero-order valence-corrected chi connectivity index (χ0v) is 30.1. The van der Waals surface area contributed by atoms with Gasteiger partial charge in [-0.15, -0.1) is 0 Å². The molecule has 0 atom stereocenters. The topological polar surface area (TPSA) is 57.4 Å². The van der Waals surface area contributed by atoms with Crippen molar-refractivity contribution in [2.45, 2.75) is 0 Å². The lowest BCUT2D eigenvalue weighted by Crippen LogP contribution is -2.07. The molecule has 0 N–H and O–H groups in total. The molecule has 0 amide bonds. The predicted octanol–water partition coefficient (Wildman–Crippen LogP) is 13.3. The van der Waals surface area contributed by atoms with Crippen LogP contribution in [-0.2, 0) is 0 Å². The molecule has 56 heavy (non-hydrogen) atoms. The Hall–Kier alpha value is -7.92. The minimum Gasteiger partial charge on any atom is -0.307 e. The number of hydrogen-bond donors (Lipinski definition) is 0. The summed E-state index contributed by atoms with van der Waals surface area (Å²) in [6.07, 6.45) is 0. The Morgan fingerprint density at radius 1 is 0.357 bits per heavy atom. The Kier molecular flexibility index (Phi) is 6.95. The van der Waals surface area contributed by atoms with Crippen LogP contribution in [0.1, 0.15) is 11.1 Å². The molecule has 4 heteroatoms. The number of nitrogens with zero attached hydrogens (tertiary/aromatic N) is 4. The van der Waals surface area contributed by atoms with Gasteiger partial charge < -0.3 is 9.13 Å². The fourth-order valence-electron chi connectivity index (χ4n) is 8.88. The summed E-state index contributed by atoms with van der Waals surface area (Å²) in [7, 11) is 0. The van der Waals surface area contributed by atoms with Crippen molar-refractivity contribution in [3.63, 3.8) is 0 Å². The molecule has 0 aliphatic rings. The Bertz CT molecular complexity index is 3480. The molecule has 0 saturated heterocycles. The Morgan fingerprint density at radius 2 is 0.839 bits per heavy atom. The first kappa shape index (κ1) is 31.6. The van der Waals surface area contributed by atoms with Crippen LogP contribution in [0.25, 0.3) is 98.8 Å². The summed E-state index contributed by atoms with van der Waals surface area (Å²) < 4.78 is 4.51. The highest BCUT2D eigenvalue weighted by Crippen LogP contribution is 2.44. The van der Waals surface area contributed by atoms with E-state index in [1.807, 2.05) is 18.2 Å². The highest BCUT2D eigenvalue weighted by Gasteiger charge is 2.25. The minimum absolute atomic E-state index is 0.426. The smallest absolute Gasteiger partial charge is 0.101 e. The summed E-state index contributed by atoms with van der Waals surface area (Å²) in [5.74, 6) is 0. The van der Waals surface area contributed by atoms with Crippen molar-refractivity contribution in [2.75, 3.05) is 0 Å². The van der Waals surface area contributed by atoms with E-state index in [0.717, 1.165) is 98.8 Å². The Balaban J connectivity index is 1.31. The molecule has 9 aromatic carbocycles. The van der Waals surface area contributed by atoms with Crippen molar-refractivity contribution < 1.29 is 0 Å². The van der Waals surface area contributed by atoms with Crippen molar-refractivity contribution in [1.29, 1.82) is 10.5 Å². The van der Waals surface area contributed by atoms with Crippen molar-refractivity contribution >= 4 is 65.2 Å². The molecule has 0 spiro atoms. The van der Waals surface area contributed by atoms with Crippen LogP contribution in [0, 0.1) is 22.7 Å². The largest absolute Gasteiger partial charge is 0.307 e. The van der Waals surface area contributed by atoms with E-state index >= 15 is 0 Å². The highest BCUT2D eigenvalue weighted by molar-refractivity contribution is 6.24. The lowest BCUT2D eigenvalue weighted by atomic mass is 10.0.